The number of nitrogens with two attached hydrogens (primary N) is 1. The van der Waals surface area contributed by atoms with Crippen LogP contribution in [0.25, 0.3) is 0 Å². The van der Waals surface area contributed by atoms with Gasteiger partial charge in [-0.15, -0.1) is 0 Å². The normalized spacial score (nSPS) is 13.8. The number of carboxylic acids is 3. The van der Waals surface area contributed by atoms with E-state index >= 15 is 0 Å². The minimum absolute atomic E-state index is 0.0559. The molecule has 0 radical (unpaired) electrons. The third-order valence-electron chi connectivity index (χ3n) is 5.35. The van der Waals surface area contributed by atoms with Gasteiger partial charge in [-0.1, -0.05) is 12.1 Å². The fourth-order valence-electron chi connectivity index (χ4n) is 3.38. The Balaban J connectivity index is 2.20. The van der Waals surface area contributed by atoms with Crippen LogP contribution in [0.1, 0.15) is 24.1 Å². The first-order valence-corrected chi connectivity index (χ1v) is 11.4. The first-order valence-electron chi connectivity index (χ1n) is 11.4. The molecule has 0 aliphatic rings. The van der Waals surface area contributed by atoms with E-state index in [-0.39, 0.29) is 18.6 Å². The molecule has 1 aromatic carbocycles. The molecular formula is C23H28N6O10. The zero-order valence-corrected chi connectivity index (χ0v) is 20.4. The van der Waals surface area contributed by atoms with Crippen molar-refractivity contribution >= 4 is 35.6 Å². The second-order valence-electron chi connectivity index (χ2n) is 8.48. The summed E-state index contributed by atoms with van der Waals surface area (Å²) < 4.78 is 0. The predicted molar refractivity (Wildman–Crippen MR) is 130 cm³/mol. The fraction of sp³-hybridized carbons (Fsp3) is 0.348. The second kappa shape index (κ2) is 14.1. The van der Waals surface area contributed by atoms with E-state index in [2.05, 4.69) is 25.9 Å². The summed E-state index contributed by atoms with van der Waals surface area (Å²) in [6.45, 7) is 0. The van der Waals surface area contributed by atoms with Gasteiger partial charge in [-0.2, -0.15) is 0 Å². The molecule has 210 valence electrons. The number of phenolic OH excluding ortho intramolecular Hbond substituents is 1. The third kappa shape index (κ3) is 10.1. The zero-order chi connectivity index (χ0) is 29.1. The van der Waals surface area contributed by atoms with Gasteiger partial charge in [-0.05, 0) is 17.7 Å². The molecule has 0 aliphatic carbocycles. The van der Waals surface area contributed by atoms with E-state index in [1.165, 1.54) is 36.8 Å². The van der Waals surface area contributed by atoms with Crippen molar-refractivity contribution < 1.29 is 49.2 Å². The van der Waals surface area contributed by atoms with Gasteiger partial charge in [0.1, 0.15) is 23.9 Å². The molecule has 3 amide bonds. The van der Waals surface area contributed by atoms with Crippen LogP contribution in [-0.4, -0.2) is 90.2 Å². The summed E-state index contributed by atoms with van der Waals surface area (Å²) in [4.78, 5) is 78.8. The molecule has 0 saturated carbocycles. The number of amides is 3. The van der Waals surface area contributed by atoms with Crippen molar-refractivity contribution in [3.63, 3.8) is 0 Å². The maximum Gasteiger partial charge on any atom is 0.326 e. The van der Waals surface area contributed by atoms with E-state index in [4.69, 9.17) is 10.8 Å². The number of rotatable bonds is 15. The SMILES string of the molecule is NC(CC(=O)O)C(=O)NC(Cc1cnc[nH]1)C(=O)NC(CC(=O)O)C(=O)NC(Cc1ccc(O)cc1)C(=O)O. The van der Waals surface area contributed by atoms with Gasteiger partial charge in [0.15, 0.2) is 0 Å². The number of aliphatic carboxylic acids is 3. The van der Waals surface area contributed by atoms with Crippen LogP contribution < -0.4 is 21.7 Å². The molecule has 16 heteroatoms. The number of H-pyrrole nitrogens is 1. The van der Waals surface area contributed by atoms with Gasteiger partial charge in [0, 0.05) is 24.7 Å². The average molecular weight is 549 g/mol. The highest BCUT2D eigenvalue weighted by atomic mass is 16.4. The summed E-state index contributed by atoms with van der Waals surface area (Å²) in [6.07, 6.45) is 0.555. The Morgan fingerprint density at radius 1 is 0.795 bits per heavy atom. The molecule has 2 aromatic rings. The van der Waals surface area contributed by atoms with E-state index in [9.17, 15) is 44.1 Å². The Morgan fingerprint density at radius 2 is 1.36 bits per heavy atom. The topological polar surface area (TPSA) is 274 Å². The molecule has 0 saturated heterocycles. The number of nitrogens with one attached hydrogen (secondary N) is 4. The molecule has 0 aliphatic heterocycles. The summed E-state index contributed by atoms with van der Waals surface area (Å²) >= 11 is 0. The lowest BCUT2D eigenvalue weighted by Crippen LogP contribution is -2.58. The van der Waals surface area contributed by atoms with Crippen molar-refractivity contribution in [2.75, 3.05) is 0 Å². The van der Waals surface area contributed by atoms with Crippen molar-refractivity contribution in [3.05, 3.63) is 48.0 Å². The number of aromatic hydroxyl groups is 1. The van der Waals surface area contributed by atoms with Crippen LogP contribution in [0, 0.1) is 0 Å². The van der Waals surface area contributed by atoms with Gasteiger partial charge >= 0.3 is 17.9 Å². The number of carboxylic acid groups (broad SMARTS) is 3. The van der Waals surface area contributed by atoms with Crippen LogP contribution in [0.15, 0.2) is 36.8 Å². The van der Waals surface area contributed by atoms with Gasteiger partial charge in [0.05, 0.1) is 25.2 Å². The number of phenols is 1. The van der Waals surface area contributed by atoms with Gasteiger partial charge in [0.2, 0.25) is 17.7 Å². The van der Waals surface area contributed by atoms with Crippen LogP contribution in [0.2, 0.25) is 0 Å². The molecule has 39 heavy (non-hydrogen) atoms. The van der Waals surface area contributed by atoms with Gasteiger partial charge in [0.25, 0.3) is 0 Å². The van der Waals surface area contributed by atoms with E-state index in [0.29, 0.717) is 11.3 Å². The van der Waals surface area contributed by atoms with Crippen molar-refractivity contribution in [1.29, 1.82) is 0 Å². The van der Waals surface area contributed by atoms with Crippen LogP contribution >= 0.6 is 0 Å². The van der Waals surface area contributed by atoms with Crippen molar-refractivity contribution in [3.8, 4) is 5.75 Å². The first-order chi connectivity index (χ1) is 18.3. The summed E-state index contributed by atoms with van der Waals surface area (Å²) in [5, 5.41) is 43.7. The van der Waals surface area contributed by atoms with Gasteiger partial charge < -0.3 is 47.1 Å². The molecule has 1 heterocycles. The lowest BCUT2D eigenvalue weighted by Gasteiger charge is -2.24. The summed E-state index contributed by atoms with van der Waals surface area (Å²) in [7, 11) is 0. The lowest BCUT2D eigenvalue weighted by atomic mass is 10.0. The number of nitrogens with zero attached hydrogens (tertiary/aromatic N) is 1. The summed E-state index contributed by atoms with van der Waals surface area (Å²) in [5.41, 5.74) is 6.36. The molecule has 4 atom stereocenters. The Kier molecular flexibility index (Phi) is 10.9. The van der Waals surface area contributed by atoms with Crippen LogP contribution in [0.3, 0.4) is 0 Å². The fourth-order valence-corrected chi connectivity index (χ4v) is 3.38. The number of aromatic nitrogens is 2. The largest absolute Gasteiger partial charge is 0.508 e. The molecule has 4 unspecified atom stereocenters. The minimum atomic E-state index is -1.74. The highest BCUT2D eigenvalue weighted by Crippen LogP contribution is 2.12. The number of hydrogen-bond donors (Lipinski definition) is 9. The number of aromatic amines is 1. The standard InChI is InChI=1S/C23H28N6O10/c24-14(7-18(31)32)20(35)27-15(6-12-9-25-10-26-12)21(36)28-16(8-19(33)34)22(37)29-17(23(38)39)5-11-1-3-13(30)4-2-11/h1-4,9-10,14-17,30H,5-8,24H2,(H,25,26)(H,27,35)(H,28,36)(H,29,37)(H,31,32)(H,33,34)(H,38,39). The molecule has 0 spiro atoms. The summed E-state index contributed by atoms with van der Waals surface area (Å²) in [6, 6.07) is -0.685. The maximum atomic E-state index is 13.1. The lowest BCUT2D eigenvalue weighted by molar-refractivity contribution is -0.143. The highest BCUT2D eigenvalue weighted by Gasteiger charge is 2.32. The van der Waals surface area contributed by atoms with Crippen molar-refractivity contribution in [1.82, 2.24) is 25.9 Å². The van der Waals surface area contributed by atoms with E-state index in [0.717, 1.165) is 0 Å². The molecule has 16 nitrogen and oxygen atoms in total. The third-order valence-corrected chi connectivity index (χ3v) is 5.35. The number of imidazole rings is 1. The Morgan fingerprint density at radius 3 is 1.90 bits per heavy atom. The van der Waals surface area contributed by atoms with Crippen LogP contribution in [0.5, 0.6) is 5.75 Å². The molecule has 0 fully saturated rings. The maximum absolute atomic E-state index is 13.1. The van der Waals surface area contributed by atoms with E-state index < -0.39 is 72.6 Å². The molecule has 10 N–H and O–H groups in total. The van der Waals surface area contributed by atoms with E-state index in [1.54, 1.807) is 0 Å². The van der Waals surface area contributed by atoms with Gasteiger partial charge in [-0.25, -0.2) is 9.78 Å². The smallest absolute Gasteiger partial charge is 0.326 e. The number of carbonyl (C=O) groups is 6. The quantitative estimate of drug-likeness (QED) is 0.114. The van der Waals surface area contributed by atoms with Gasteiger partial charge in [-0.3, -0.25) is 24.0 Å². The minimum Gasteiger partial charge on any atom is -0.508 e. The zero-order valence-electron chi connectivity index (χ0n) is 20.4. The molecule has 0 bridgehead atoms. The Bertz CT molecular complexity index is 1180. The first kappa shape index (κ1) is 30.2. The Labute approximate surface area is 220 Å². The summed E-state index contributed by atoms with van der Waals surface area (Å²) in [5.74, 6) is -7.47. The number of carbonyl (C=O) groups excluding carboxylic acids is 3. The number of hydrogen-bond acceptors (Lipinski definition) is 9. The predicted octanol–water partition coefficient (Wildman–Crippen LogP) is -2.28. The highest BCUT2D eigenvalue weighted by molar-refractivity contribution is 5.96. The molecular weight excluding hydrogens is 520 g/mol. The van der Waals surface area contributed by atoms with Crippen LogP contribution in [-0.2, 0) is 41.6 Å². The second-order valence-corrected chi connectivity index (χ2v) is 8.48. The number of benzene rings is 1. The van der Waals surface area contributed by atoms with Crippen molar-refractivity contribution in [2.24, 2.45) is 5.73 Å². The van der Waals surface area contributed by atoms with E-state index in [1.807, 2.05) is 0 Å². The Hall–Kier alpha value is -4.99. The van der Waals surface area contributed by atoms with Crippen LogP contribution in [0.4, 0.5) is 0 Å². The molecule has 2 rings (SSSR count). The monoisotopic (exact) mass is 548 g/mol. The molecule has 1 aromatic heterocycles. The van der Waals surface area contributed by atoms with Crippen molar-refractivity contribution in [2.45, 2.75) is 49.9 Å². The average Bonchev–Trinajstić information content (AvgIpc) is 3.36.